The first-order valence-corrected chi connectivity index (χ1v) is 11.2. The molecule has 0 bridgehead atoms. The normalized spacial score (nSPS) is 11.0. The predicted molar refractivity (Wildman–Crippen MR) is 112 cm³/mol. The van der Waals surface area contributed by atoms with Gasteiger partial charge in [0.1, 0.15) is 10.0 Å². The number of nitrogens with zero attached hydrogens (tertiary/aromatic N) is 4. The van der Waals surface area contributed by atoms with Crippen LogP contribution in [0.1, 0.15) is 21.1 Å². The minimum Gasteiger partial charge on any atom is -0.142 e. The molecule has 0 N–H and O–H groups in total. The number of benzene rings is 2. The Balaban J connectivity index is 1.40. The Kier molecular flexibility index (Phi) is 6.04. The lowest BCUT2D eigenvalue weighted by molar-refractivity contribution is 0.943. The smallest absolute Gasteiger partial charge is 0.142 e. The van der Waals surface area contributed by atoms with Gasteiger partial charge in [-0.2, -0.15) is 0 Å². The van der Waals surface area contributed by atoms with Crippen molar-refractivity contribution in [1.29, 1.82) is 0 Å². The fourth-order valence-corrected chi connectivity index (χ4v) is 5.91. The standard InChI is InChI=1S/C18H12Cl2N4S3/c19-13-5-1-3-11(7-13)9-15-21-23-17(25-15)27-18-24-22-16(26-18)10-12-4-2-6-14(20)8-12/h1-8H,9-10H2. The molecule has 0 atom stereocenters. The van der Waals surface area contributed by atoms with Gasteiger partial charge in [-0.1, -0.05) is 70.1 Å². The van der Waals surface area contributed by atoms with Crippen LogP contribution in [0.25, 0.3) is 0 Å². The van der Waals surface area contributed by atoms with Crippen molar-refractivity contribution in [1.82, 2.24) is 20.4 Å². The molecule has 9 heteroatoms. The summed E-state index contributed by atoms with van der Waals surface area (Å²) in [5.41, 5.74) is 2.24. The highest BCUT2D eigenvalue weighted by molar-refractivity contribution is 8.02. The molecule has 2 aromatic carbocycles. The number of hydrogen-bond donors (Lipinski definition) is 0. The summed E-state index contributed by atoms with van der Waals surface area (Å²) in [4.78, 5) is 0. The van der Waals surface area contributed by atoms with Crippen LogP contribution in [0.15, 0.2) is 57.2 Å². The summed E-state index contributed by atoms with van der Waals surface area (Å²) < 4.78 is 1.72. The second-order valence-electron chi connectivity index (χ2n) is 5.64. The first-order chi connectivity index (χ1) is 13.1. The molecule has 0 aliphatic heterocycles. The average Bonchev–Trinajstić information content (AvgIpc) is 3.25. The van der Waals surface area contributed by atoms with E-state index < -0.39 is 0 Å². The van der Waals surface area contributed by atoms with E-state index in [1.165, 1.54) is 11.8 Å². The van der Waals surface area contributed by atoms with Crippen LogP contribution < -0.4 is 0 Å². The molecule has 0 saturated heterocycles. The van der Waals surface area contributed by atoms with Crippen molar-refractivity contribution in [3.63, 3.8) is 0 Å². The molecule has 27 heavy (non-hydrogen) atoms. The Bertz CT molecular complexity index is 980. The van der Waals surface area contributed by atoms with E-state index in [1.807, 2.05) is 48.5 Å². The van der Waals surface area contributed by atoms with Crippen molar-refractivity contribution in [2.45, 2.75) is 21.5 Å². The van der Waals surface area contributed by atoms with Crippen molar-refractivity contribution >= 4 is 57.6 Å². The lowest BCUT2D eigenvalue weighted by atomic mass is 10.2. The molecule has 2 aromatic heterocycles. The summed E-state index contributed by atoms with van der Waals surface area (Å²) in [6.07, 6.45) is 1.43. The average molecular weight is 451 g/mol. The Morgan fingerprint density at radius 2 is 1.19 bits per heavy atom. The van der Waals surface area contributed by atoms with Gasteiger partial charge in [-0.3, -0.25) is 0 Å². The van der Waals surface area contributed by atoms with E-state index in [2.05, 4.69) is 20.4 Å². The third-order valence-electron chi connectivity index (χ3n) is 3.56. The maximum absolute atomic E-state index is 6.03. The van der Waals surface area contributed by atoms with Crippen LogP contribution in [0.2, 0.25) is 10.0 Å². The van der Waals surface area contributed by atoms with E-state index >= 15 is 0 Å². The molecule has 0 aliphatic rings. The van der Waals surface area contributed by atoms with E-state index in [0.717, 1.165) is 52.7 Å². The van der Waals surface area contributed by atoms with Gasteiger partial charge in [0.05, 0.1) is 0 Å². The largest absolute Gasteiger partial charge is 0.181 e. The van der Waals surface area contributed by atoms with Crippen LogP contribution in [0.5, 0.6) is 0 Å². The minimum absolute atomic E-state index is 0.717. The highest BCUT2D eigenvalue weighted by atomic mass is 35.5. The molecule has 0 fully saturated rings. The topological polar surface area (TPSA) is 51.6 Å². The Morgan fingerprint density at radius 3 is 1.63 bits per heavy atom. The zero-order valence-electron chi connectivity index (χ0n) is 13.8. The summed E-state index contributed by atoms with van der Waals surface area (Å²) in [5, 5.41) is 20.4. The molecule has 0 radical (unpaired) electrons. The molecule has 0 amide bonds. The van der Waals surface area contributed by atoms with Gasteiger partial charge in [0.15, 0.2) is 8.68 Å². The summed E-state index contributed by atoms with van der Waals surface area (Å²) in [6.45, 7) is 0. The number of halogens is 2. The maximum Gasteiger partial charge on any atom is 0.181 e. The van der Waals surface area contributed by atoms with Gasteiger partial charge in [0.2, 0.25) is 0 Å². The van der Waals surface area contributed by atoms with Crippen molar-refractivity contribution in [2.75, 3.05) is 0 Å². The van der Waals surface area contributed by atoms with Crippen molar-refractivity contribution in [2.24, 2.45) is 0 Å². The highest BCUT2D eigenvalue weighted by Crippen LogP contribution is 2.33. The van der Waals surface area contributed by atoms with Gasteiger partial charge in [-0.15, -0.1) is 20.4 Å². The van der Waals surface area contributed by atoms with E-state index in [-0.39, 0.29) is 0 Å². The van der Waals surface area contributed by atoms with Crippen molar-refractivity contribution in [3.8, 4) is 0 Å². The molecule has 0 saturated carbocycles. The Morgan fingerprint density at radius 1 is 0.704 bits per heavy atom. The number of hydrogen-bond acceptors (Lipinski definition) is 7. The third-order valence-corrected chi connectivity index (χ3v) is 6.98. The first-order valence-electron chi connectivity index (χ1n) is 7.95. The summed E-state index contributed by atoms with van der Waals surface area (Å²) in [7, 11) is 0. The zero-order chi connectivity index (χ0) is 18.6. The quantitative estimate of drug-likeness (QED) is 0.358. The summed E-state index contributed by atoms with van der Waals surface area (Å²) in [6, 6.07) is 15.6. The van der Waals surface area contributed by atoms with E-state index in [4.69, 9.17) is 23.2 Å². The Hall–Kier alpha value is -1.51. The van der Waals surface area contributed by atoms with Gasteiger partial charge in [0.25, 0.3) is 0 Å². The van der Waals surface area contributed by atoms with Crippen LogP contribution >= 0.6 is 57.6 Å². The summed E-state index contributed by atoms with van der Waals surface area (Å²) in [5.74, 6) is 0. The molecule has 4 nitrogen and oxygen atoms in total. The molecule has 2 heterocycles. The fourth-order valence-electron chi connectivity index (χ4n) is 2.42. The van der Waals surface area contributed by atoms with Crippen LogP contribution in [0.4, 0.5) is 0 Å². The minimum atomic E-state index is 0.717. The maximum atomic E-state index is 6.03. The molecule has 0 unspecified atom stereocenters. The molecule has 4 rings (SSSR count). The molecule has 0 aliphatic carbocycles. The van der Waals surface area contributed by atoms with Crippen molar-refractivity contribution in [3.05, 3.63) is 79.7 Å². The van der Waals surface area contributed by atoms with Gasteiger partial charge in [-0.25, -0.2) is 0 Å². The zero-order valence-corrected chi connectivity index (χ0v) is 17.8. The summed E-state index contributed by atoms with van der Waals surface area (Å²) >= 11 is 16.7. The van der Waals surface area contributed by atoms with Crippen LogP contribution in [0.3, 0.4) is 0 Å². The number of aromatic nitrogens is 4. The second kappa shape index (κ2) is 8.67. The van der Waals surface area contributed by atoms with Gasteiger partial charge in [-0.05, 0) is 47.2 Å². The second-order valence-corrected chi connectivity index (χ2v) is 10.1. The lowest BCUT2D eigenvalue weighted by Crippen LogP contribution is -1.86. The number of rotatable bonds is 6. The van der Waals surface area contributed by atoms with Crippen LogP contribution in [-0.4, -0.2) is 20.4 Å². The van der Waals surface area contributed by atoms with E-state index in [1.54, 1.807) is 22.7 Å². The molecule has 4 aromatic rings. The van der Waals surface area contributed by atoms with E-state index in [9.17, 15) is 0 Å². The van der Waals surface area contributed by atoms with Crippen LogP contribution in [-0.2, 0) is 12.8 Å². The van der Waals surface area contributed by atoms with Gasteiger partial charge in [0, 0.05) is 22.9 Å². The molecular formula is C18H12Cl2N4S3. The molecule has 0 spiro atoms. The SMILES string of the molecule is Clc1cccc(Cc2nnc(Sc3nnc(Cc4cccc(Cl)c4)s3)s2)c1. The first kappa shape index (κ1) is 18.8. The third kappa shape index (κ3) is 5.27. The fraction of sp³-hybridized carbons (Fsp3) is 0.111. The predicted octanol–water partition coefficient (Wildman–Crippen LogP) is 6.03. The highest BCUT2D eigenvalue weighted by Gasteiger charge is 2.12. The Labute approximate surface area is 178 Å². The van der Waals surface area contributed by atoms with Crippen LogP contribution in [0, 0.1) is 0 Å². The molecule has 136 valence electrons. The van der Waals surface area contributed by atoms with Gasteiger partial charge < -0.3 is 0 Å². The van der Waals surface area contributed by atoms with E-state index in [0.29, 0.717) is 0 Å². The molecular weight excluding hydrogens is 439 g/mol. The lowest BCUT2D eigenvalue weighted by Gasteiger charge is -1.97. The van der Waals surface area contributed by atoms with Gasteiger partial charge >= 0.3 is 0 Å². The van der Waals surface area contributed by atoms with Crippen molar-refractivity contribution < 1.29 is 0 Å². The monoisotopic (exact) mass is 450 g/mol.